The van der Waals surface area contributed by atoms with E-state index in [0.29, 0.717) is 29.9 Å². The SMILES string of the molecule is N#Cc1ccc2nc3n(c2c1)C[C@@H](COc1ccc(-c2cc(C(F)(F)F)ccc2F)nc1)O3. The number of imidazole rings is 1. The second-order valence-corrected chi connectivity index (χ2v) is 7.44. The Labute approximate surface area is 184 Å². The largest absolute Gasteiger partial charge is 0.488 e. The summed E-state index contributed by atoms with van der Waals surface area (Å²) in [6, 6.07) is 12.8. The van der Waals surface area contributed by atoms with E-state index < -0.39 is 17.6 Å². The lowest BCUT2D eigenvalue weighted by molar-refractivity contribution is -0.137. The smallest absolute Gasteiger partial charge is 0.416 e. The third-order valence-electron chi connectivity index (χ3n) is 5.24. The summed E-state index contributed by atoms with van der Waals surface area (Å²) in [5.74, 6) is -0.444. The van der Waals surface area contributed by atoms with E-state index in [1.54, 1.807) is 18.2 Å². The number of nitriles is 1. The van der Waals surface area contributed by atoms with E-state index in [-0.39, 0.29) is 24.0 Å². The Kier molecular flexibility index (Phi) is 4.89. The summed E-state index contributed by atoms with van der Waals surface area (Å²) in [5, 5.41) is 9.09. The van der Waals surface area contributed by atoms with E-state index in [1.165, 1.54) is 18.3 Å². The lowest BCUT2D eigenvalue weighted by atomic mass is 10.1. The topological polar surface area (TPSA) is 73.0 Å². The fourth-order valence-corrected chi connectivity index (χ4v) is 3.63. The molecule has 6 nitrogen and oxygen atoms in total. The Bertz CT molecular complexity index is 1390. The van der Waals surface area contributed by atoms with E-state index in [1.807, 2.05) is 4.57 Å². The molecular formula is C23H14F4N4O2. The van der Waals surface area contributed by atoms with Gasteiger partial charge in [-0.15, -0.1) is 0 Å². The maximum absolute atomic E-state index is 14.1. The summed E-state index contributed by atoms with van der Waals surface area (Å²) in [4.78, 5) is 8.45. The van der Waals surface area contributed by atoms with Crippen LogP contribution in [0.1, 0.15) is 11.1 Å². The molecule has 1 aliphatic rings. The number of benzene rings is 2. The van der Waals surface area contributed by atoms with Gasteiger partial charge in [-0.3, -0.25) is 9.55 Å². The molecule has 0 spiro atoms. The van der Waals surface area contributed by atoms with E-state index in [0.717, 1.165) is 23.2 Å². The van der Waals surface area contributed by atoms with Gasteiger partial charge in [0.2, 0.25) is 0 Å². The van der Waals surface area contributed by atoms with Crippen molar-refractivity contribution in [2.45, 2.75) is 18.8 Å². The van der Waals surface area contributed by atoms with Crippen molar-refractivity contribution in [3.63, 3.8) is 0 Å². The molecule has 0 bridgehead atoms. The second-order valence-electron chi connectivity index (χ2n) is 7.44. The van der Waals surface area contributed by atoms with Crippen LogP contribution < -0.4 is 9.47 Å². The highest BCUT2D eigenvalue weighted by Gasteiger charge is 2.31. The summed E-state index contributed by atoms with van der Waals surface area (Å²) in [5.41, 5.74) is 0.901. The first-order valence-electron chi connectivity index (χ1n) is 9.85. The average molecular weight is 454 g/mol. The zero-order valence-corrected chi connectivity index (χ0v) is 16.8. The molecule has 1 aliphatic heterocycles. The molecule has 2 aromatic heterocycles. The van der Waals surface area contributed by atoms with Crippen molar-refractivity contribution in [1.82, 2.24) is 14.5 Å². The molecule has 166 valence electrons. The van der Waals surface area contributed by atoms with Crippen molar-refractivity contribution in [1.29, 1.82) is 5.26 Å². The van der Waals surface area contributed by atoms with Crippen LogP contribution in [0.15, 0.2) is 54.7 Å². The molecule has 4 aromatic rings. The van der Waals surface area contributed by atoms with Crippen molar-refractivity contribution in [3.05, 3.63) is 71.7 Å². The summed E-state index contributed by atoms with van der Waals surface area (Å²) in [6.45, 7) is 0.642. The monoisotopic (exact) mass is 454 g/mol. The summed E-state index contributed by atoms with van der Waals surface area (Å²) >= 11 is 0. The maximum Gasteiger partial charge on any atom is 0.416 e. The fraction of sp³-hybridized carbons (Fsp3) is 0.174. The maximum atomic E-state index is 14.1. The average Bonchev–Trinajstić information content (AvgIpc) is 3.35. The van der Waals surface area contributed by atoms with Gasteiger partial charge < -0.3 is 9.47 Å². The first kappa shape index (κ1) is 20.8. The Hall–Kier alpha value is -4.13. The van der Waals surface area contributed by atoms with Crippen molar-refractivity contribution in [3.8, 4) is 29.1 Å². The number of halogens is 4. The van der Waals surface area contributed by atoms with Gasteiger partial charge >= 0.3 is 6.18 Å². The van der Waals surface area contributed by atoms with Crippen LogP contribution in [-0.4, -0.2) is 27.2 Å². The summed E-state index contributed by atoms with van der Waals surface area (Å²) < 4.78 is 66.2. The van der Waals surface area contributed by atoms with Gasteiger partial charge in [0.25, 0.3) is 6.01 Å². The molecule has 0 aliphatic carbocycles. The third kappa shape index (κ3) is 3.93. The number of alkyl halides is 3. The molecule has 0 fully saturated rings. The highest BCUT2D eigenvalue weighted by Crippen LogP contribution is 2.33. The lowest BCUT2D eigenvalue weighted by Gasteiger charge is -2.12. The van der Waals surface area contributed by atoms with Gasteiger partial charge in [0, 0.05) is 5.56 Å². The van der Waals surface area contributed by atoms with E-state index in [2.05, 4.69) is 16.0 Å². The van der Waals surface area contributed by atoms with Crippen LogP contribution in [0, 0.1) is 17.1 Å². The van der Waals surface area contributed by atoms with Crippen molar-refractivity contribution >= 4 is 11.0 Å². The van der Waals surface area contributed by atoms with Crippen LogP contribution in [-0.2, 0) is 12.7 Å². The van der Waals surface area contributed by atoms with Crippen LogP contribution in [0.5, 0.6) is 11.8 Å². The highest BCUT2D eigenvalue weighted by atomic mass is 19.4. The molecule has 33 heavy (non-hydrogen) atoms. The molecule has 0 saturated heterocycles. The molecule has 1 atom stereocenters. The standard InChI is InChI=1S/C23H14F4N4O2/c24-18-4-2-14(23(25,26)27)8-17(18)19-6-3-15(10-29-19)32-12-16-11-31-21-7-13(9-28)1-5-20(21)30-22(31)33-16/h1-8,10,16H,11-12H2/t16-/m0/s1. The van der Waals surface area contributed by atoms with Crippen molar-refractivity contribution in [2.24, 2.45) is 0 Å². The van der Waals surface area contributed by atoms with Crippen molar-refractivity contribution in [2.75, 3.05) is 6.61 Å². The zero-order valence-electron chi connectivity index (χ0n) is 16.8. The van der Waals surface area contributed by atoms with E-state index in [9.17, 15) is 17.6 Å². The minimum absolute atomic E-state index is 0.0583. The highest BCUT2D eigenvalue weighted by molar-refractivity contribution is 5.78. The number of fused-ring (bicyclic) bond motifs is 3. The van der Waals surface area contributed by atoms with Gasteiger partial charge in [0.15, 0.2) is 6.10 Å². The molecule has 10 heteroatoms. The number of aromatic nitrogens is 3. The van der Waals surface area contributed by atoms with Crippen LogP contribution in [0.25, 0.3) is 22.3 Å². The lowest BCUT2D eigenvalue weighted by Crippen LogP contribution is -2.23. The predicted molar refractivity (Wildman–Crippen MR) is 109 cm³/mol. The molecule has 5 rings (SSSR count). The fourth-order valence-electron chi connectivity index (χ4n) is 3.63. The minimum Gasteiger partial charge on any atom is -0.488 e. The van der Waals surface area contributed by atoms with Crippen LogP contribution >= 0.6 is 0 Å². The van der Waals surface area contributed by atoms with Gasteiger partial charge in [-0.25, -0.2) is 4.39 Å². The van der Waals surface area contributed by atoms with Gasteiger partial charge in [-0.2, -0.15) is 23.4 Å². The molecular weight excluding hydrogens is 440 g/mol. The van der Waals surface area contributed by atoms with Crippen LogP contribution in [0.3, 0.4) is 0 Å². The molecule has 0 N–H and O–H groups in total. The molecule has 2 aromatic carbocycles. The summed E-state index contributed by atoms with van der Waals surface area (Å²) in [7, 11) is 0. The summed E-state index contributed by atoms with van der Waals surface area (Å²) in [6.07, 6.45) is -3.60. The van der Waals surface area contributed by atoms with Gasteiger partial charge in [0.1, 0.15) is 18.2 Å². The number of hydrogen-bond donors (Lipinski definition) is 0. The van der Waals surface area contributed by atoms with Crippen LogP contribution in [0.4, 0.5) is 17.6 Å². The predicted octanol–water partition coefficient (Wildman–Crippen LogP) is 4.97. The van der Waals surface area contributed by atoms with Gasteiger partial charge in [0.05, 0.1) is 46.7 Å². The molecule has 0 unspecified atom stereocenters. The quantitative estimate of drug-likeness (QED) is 0.407. The van der Waals surface area contributed by atoms with Gasteiger partial charge in [-0.1, -0.05) is 0 Å². The van der Waals surface area contributed by atoms with E-state index in [4.69, 9.17) is 14.7 Å². The minimum atomic E-state index is -4.58. The van der Waals surface area contributed by atoms with E-state index >= 15 is 0 Å². The molecule has 3 heterocycles. The number of nitrogens with zero attached hydrogens (tertiary/aromatic N) is 4. The van der Waals surface area contributed by atoms with Gasteiger partial charge in [-0.05, 0) is 48.5 Å². The van der Waals surface area contributed by atoms with Crippen molar-refractivity contribution < 1.29 is 27.0 Å². The first-order chi connectivity index (χ1) is 15.8. The zero-order chi connectivity index (χ0) is 23.2. The Balaban J connectivity index is 1.27. The Morgan fingerprint density at radius 1 is 1.15 bits per heavy atom. The second kappa shape index (κ2) is 7.78. The number of ether oxygens (including phenoxy) is 2. The number of rotatable bonds is 4. The Morgan fingerprint density at radius 3 is 2.73 bits per heavy atom. The van der Waals surface area contributed by atoms with Crippen LogP contribution in [0.2, 0.25) is 0 Å². The molecule has 0 amide bonds. The third-order valence-corrected chi connectivity index (χ3v) is 5.24. The number of hydrogen-bond acceptors (Lipinski definition) is 5. The molecule has 0 saturated carbocycles. The normalized spacial score (nSPS) is 15.2. The molecule has 0 radical (unpaired) electrons. The number of pyridine rings is 1. The Morgan fingerprint density at radius 2 is 2.00 bits per heavy atom. The first-order valence-corrected chi connectivity index (χ1v) is 9.85.